The lowest BCUT2D eigenvalue weighted by molar-refractivity contribution is 0.621. The highest BCUT2D eigenvalue weighted by atomic mass is 14.3. The summed E-state index contributed by atoms with van der Waals surface area (Å²) in [5.41, 5.74) is 19.9. The van der Waals surface area contributed by atoms with Crippen LogP contribution in [0.1, 0.15) is 178 Å². The van der Waals surface area contributed by atoms with E-state index in [0.29, 0.717) is 0 Å². The molecular formula is C88H94. The Labute approximate surface area is 527 Å². The first kappa shape index (κ1) is 60.5. The van der Waals surface area contributed by atoms with Crippen molar-refractivity contribution in [2.75, 3.05) is 0 Å². The second-order valence-corrected chi connectivity index (χ2v) is 25.6. The summed E-state index contributed by atoms with van der Waals surface area (Å²) in [5, 5.41) is 16.3. The number of hydrogen-bond acceptors (Lipinski definition) is 0. The van der Waals surface area contributed by atoms with Crippen LogP contribution in [0, 0.1) is 0 Å². The second-order valence-electron chi connectivity index (χ2n) is 25.6. The average Bonchev–Trinajstić information content (AvgIpc) is 0.768. The van der Waals surface area contributed by atoms with Crippen LogP contribution in [0.2, 0.25) is 0 Å². The van der Waals surface area contributed by atoms with E-state index in [-0.39, 0.29) is 0 Å². The molecule has 0 spiro atoms. The summed E-state index contributed by atoms with van der Waals surface area (Å²) < 4.78 is 0. The van der Waals surface area contributed by atoms with E-state index in [2.05, 4.69) is 234 Å². The summed E-state index contributed by atoms with van der Waals surface area (Å²) in [6.45, 7) is 9.36. The fraction of sp³-hybridized carbons (Fsp3) is 0.318. The Balaban J connectivity index is 1.19. The van der Waals surface area contributed by atoms with Crippen molar-refractivity contribution in [3.8, 4) is 55.6 Å². The lowest BCUT2D eigenvalue weighted by Gasteiger charge is -2.27. The largest absolute Gasteiger partial charge is 0.0654 e. The molecule has 0 saturated heterocycles. The molecule has 0 amide bonds. The Bertz CT molecular complexity index is 4000. The van der Waals surface area contributed by atoms with Crippen molar-refractivity contribution < 1.29 is 0 Å². The lowest BCUT2D eigenvalue weighted by atomic mass is 9.77. The molecule has 12 rings (SSSR count). The minimum absolute atomic E-state index is 1.07. The topological polar surface area (TPSA) is 0 Å². The first-order chi connectivity index (χ1) is 43.6. The Morgan fingerprint density at radius 1 is 0.182 bits per heavy atom. The third-order valence-electron chi connectivity index (χ3n) is 19.7. The second kappa shape index (κ2) is 29.5. The van der Waals surface area contributed by atoms with Crippen LogP contribution in [0.25, 0.3) is 120 Å². The predicted octanol–water partition coefficient (Wildman–Crippen LogP) is 27.0. The van der Waals surface area contributed by atoms with Gasteiger partial charge in [0.25, 0.3) is 0 Å². The zero-order chi connectivity index (χ0) is 60.0. The molecule has 0 nitrogen and oxygen atoms in total. The van der Waals surface area contributed by atoms with Crippen LogP contribution in [-0.4, -0.2) is 0 Å². The summed E-state index contributed by atoms with van der Waals surface area (Å²) in [5.74, 6) is 0. The van der Waals surface area contributed by atoms with E-state index in [9.17, 15) is 0 Å². The number of benzene rings is 12. The number of fused-ring (bicyclic) bond motifs is 12. The molecule has 0 aliphatic carbocycles. The SMILES string of the molecule is CCCCCCCc1c(CCCCCCC)c(-c2ccccc2)c2c3cc(-c4ccc5c6ccccc6c6c(-c7ccccc7)c(CCCCCCC)c(CCCCCCC)c(-c7ccccc7)c6c5c4)ccc3c3ccccc3c2c1-c1ccccc1. The normalized spacial score (nSPS) is 11.8. The van der Waals surface area contributed by atoms with Crippen molar-refractivity contribution in [3.05, 3.63) is 229 Å². The summed E-state index contributed by atoms with van der Waals surface area (Å²) in [4.78, 5) is 0. The zero-order valence-electron chi connectivity index (χ0n) is 53.6. The van der Waals surface area contributed by atoms with Gasteiger partial charge in [-0.2, -0.15) is 0 Å². The van der Waals surface area contributed by atoms with Crippen molar-refractivity contribution in [1.29, 1.82) is 0 Å². The summed E-state index contributed by atoms with van der Waals surface area (Å²) in [6.07, 6.45) is 29.5. The molecule has 0 heteroatoms. The van der Waals surface area contributed by atoms with Crippen LogP contribution in [0.15, 0.2) is 206 Å². The highest BCUT2D eigenvalue weighted by Gasteiger charge is 2.28. The Morgan fingerprint density at radius 2 is 0.409 bits per heavy atom. The molecule has 0 bridgehead atoms. The molecule has 0 radical (unpaired) electrons. The zero-order valence-corrected chi connectivity index (χ0v) is 53.6. The molecule has 0 atom stereocenters. The van der Waals surface area contributed by atoms with E-state index < -0.39 is 0 Å². The van der Waals surface area contributed by atoms with Crippen molar-refractivity contribution >= 4 is 64.6 Å². The van der Waals surface area contributed by atoms with Gasteiger partial charge < -0.3 is 0 Å². The van der Waals surface area contributed by atoms with Gasteiger partial charge in [0.15, 0.2) is 0 Å². The van der Waals surface area contributed by atoms with Gasteiger partial charge in [0, 0.05) is 0 Å². The van der Waals surface area contributed by atoms with Crippen LogP contribution in [0.5, 0.6) is 0 Å². The van der Waals surface area contributed by atoms with E-state index in [1.54, 1.807) is 22.3 Å². The maximum atomic E-state index is 2.62. The molecule has 0 fully saturated rings. The molecule has 12 aromatic carbocycles. The molecule has 0 heterocycles. The van der Waals surface area contributed by atoms with Crippen LogP contribution < -0.4 is 0 Å². The van der Waals surface area contributed by atoms with E-state index in [4.69, 9.17) is 0 Å². The first-order valence-electron chi connectivity index (χ1n) is 34.8. The van der Waals surface area contributed by atoms with Crippen LogP contribution in [0.4, 0.5) is 0 Å². The van der Waals surface area contributed by atoms with Crippen LogP contribution in [-0.2, 0) is 25.7 Å². The number of rotatable bonds is 29. The molecule has 12 aromatic rings. The van der Waals surface area contributed by atoms with Gasteiger partial charge in [-0.1, -0.05) is 325 Å². The standard InChI is InChI=1S/C88H94/c1-5-9-13-17-33-51-75-77(53-35-19-15-11-7-3)83(65-45-29-23-30-46-65)87-79-61-67(57-59-71(79)69-49-37-39-55-73(69)85(87)81(75)63-41-25-21-26-42-63)68-58-60-72-70-50-38-40-56-74(70)86-82(64-43-27-22-28-44-64)76(52-34-18-14-10-6-2)78(54-36-20-16-12-8-4)84(88(86)80(72)62-68)66-47-31-24-32-48-66/h21-32,37-50,55-62H,5-20,33-36,51-54H2,1-4H3. The summed E-state index contributed by atoms with van der Waals surface area (Å²) in [6, 6.07) is 80.2. The van der Waals surface area contributed by atoms with Gasteiger partial charge in [0.05, 0.1) is 0 Å². The van der Waals surface area contributed by atoms with E-state index in [1.165, 1.54) is 249 Å². The fourth-order valence-electron chi connectivity index (χ4n) is 15.4. The highest BCUT2D eigenvalue weighted by Crippen LogP contribution is 2.53. The molecule has 0 unspecified atom stereocenters. The monoisotopic (exact) mass is 1150 g/mol. The third-order valence-corrected chi connectivity index (χ3v) is 19.7. The van der Waals surface area contributed by atoms with Gasteiger partial charge in [-0.3, -0.25) is 0 Å². The van der Waals surface area contributed by atoms with Crippen LogP contribution >= 0.6 is 0 Å². The first-order valence-corrected chi connectivity index (χ1v) is 34.8. The highest BCUT2D eigenvalue weighted by molar-refractivity contribution is 6.34. The Morgan fingerprint density at radius 3 is 0.682 bits per heavy atom. The van der Waals surface area contributed by atoms with Gasteiger partial charge in [0.2, 0.25) is 0 Å². The smallest absolute Gasteiger partial charge is 0.00109 e. The molecule has 0 aliphatic heterocycles. The van der Waals surface area contributed by atoms with Gasteiger partial charge in [0.1, 0.15) is 0 Å². The van der Waals surface area contributed by atoms with Gasteiger partial charge in [-0.05, 0) is 206 Å². The van der Waals surface area contributed by atoms with E-state index in [0.717, 1.165) is 25.7 Å². The molecule has 0 aromatic heterocycles. The Hall–Kier alpha value is -7.80. The minimum Gasteiger partial charge on any atom is -0.0654 e. The molecular weight excluding hydrogens is 1060 g/mol. The lowest BCUT2D eigenvalue weighted by Crippen LogP contribution is -2.05. The third kappa shape index (κ3) is 12.6. The Kier molecular flexibility index (Phi) is 20.3. The summed E-state index contributed by atoms with van der Waals surface area (Å²) in [7, 11) is 0. The predicted molar refractivity (Wildman–Crippen MR) is 389 cm³/mol. The molecule has 88 heavy (non-hydrogen) atoms. The van der Waals surface area contributed by atoms with Gasteiger partial charge in [-0.25, -0.2) is 0 Å². The average molecular weight is 1150 g/mol. The molecule has 0 saturated carbocycles. The van der Waals surface area contributed by atoms with Crippen molar-refractivity contribution in [1.82, 2.24) is 0 Å². The quantitative estimate of drug-likeness (QED) is 0.0324. The van der Waals surface area contributed by atoms with Gasteiger partial charge >= 0.3 is 0 Å². The fourth-order valence-corrected chi connectivity index (χ4v) is 15.4. The van der Waals surface area contributed by atoms with Gasteiger partial charge in [-0.15, -0.1) is 0 Å². The molecule has 0 aliphatic rings. The molecule has 0 N–H and O–H groups in total. The van der Waals surface area contributed by atoms with Crippen molar-refractivity contribution in [2.24, 2.45) is 0 Å². The maximum Gasteiger partial charge on any atom is -0.00109 e. The van der Waals surface area contributed by atoms with E-state index >= 15 is 0 Å². The number of unbranched alkanes of at least 4 members (excludes halogenated alkanes) is 16. The van der Waals surface area contributed by atoms with E-state index in [1.807, 2.05) is 0 Å². The molecule has 446 valence electrons. The minimum atomic E-state index is 1.07. The maximum absolute atomic E-state index is 2.62. The summed E-state index contributed by atoms with van der Waals surface area (Å²) >= 11 is 0. The van der Waals surface area contributed by atoms with Crippen molar-refractivity contribution in [3.63, 3.8) is 0 Å². The van der Waals surface area contributed by atoms with Crippen molar-refractivity contribution in [2.45, 2.75) is 182 Å². The van der Waals surface area contributed by atoms with Crippen LogP contribution in [0.3, 0.4) is 0 Å². The number of hydrogen-bond donors (Lipinski definition) is 0.